The SMILES string of the molecule is C=C(NC)NCc1cc2cc(Cl)c(C(C)C)cc2[nH]1. The molecular formula is C15H20ClN3. The van der Waals surface area contributed by atoms with Gasteiger partial charge in [-0.3, -0.25) is 0 Å². The van der Waals surface area contributed by atoms with Crippen LogP contribution in [0.15, 0.2) is 30.6 Å². The van der Waals surface area contributed by atoms with Crippen molar-refractivity contribution in [1.29, 1.82) is 0 Å². The van der Waals surface area contributed by atoms with Gasteiger partial charge >= 0.3 is 0 Å². The standard InChI is InChI=1S/C15H20ClN3/c1-9(2)13-7-15-11(6-14(13)16)5-12(19-15)8-18-10(3)17-4/h5-7,9,17-19H,3,8H2,1-2,4H3. The quantitative estimate of drug-likeness (QED) is 0.779. The zero-order valence-corrected chi connectivity index (χ0v) is 12.4. The lowest BCUT2D eigenvalue weighted by atomic mass is 10.0. The summed E-state index contributed by atoms with van der Waals surface area (Å²) in [5, 5.41) is 8.13. The van der Waals surface area contributed by atoms with Crippen molar-refractivity contribution in [1.82, 2.24) is 15.6 Å². The largest absolute Gasteiger partial charge is 0.375 e. The molecule has 0 bridgehead atoms. The molecule has 0 radical (unpaired) electrons. The van der Waals surface area contributed by atoms with E-state index in [2.05, 4.69) is 48.2 Å². The third-order valence-electron chi connectivity index (χ3n) is 3.21. The summed E-state index contributed by atoms with van der Waals surface area (Å²) in [6.45, 7) is 8.84. The highest BCUT2D eigenvalue weighted by Crippen LogP contribution is 2.29. The van der Waals surface area contributed by atoms with Crippen molar-refractivity contribution in [3.63, 3.8) is 0 Å². The Morgan fingerprint density at radius 2 is 2.11 bits per heavy atom. The summed E-state index contributed by atoms with van der Waals surface area (Å²) < 4.78 is 0. The molecule has 0 atom stereocenters. The lowest BCUT2D eigenvalue weighted by Gasteiger charge is -2.07. The van der Waals surface area contributed by atoms with Gasteiger partial charge in [0.2, 0.25) is 0 Å². The van der Waals surface area contributed by atoms with E-state index in [9.17, 15) is 0 Å². The lowest BCUT2D eigenvalue weighted by molar-refractivity contribution is 0.731. The molecule has 0 aliphatic carbocycles. The van der Waals surface area contributed by atoms with E-state index in [1.54, 1.807) is 0 Å². The lowest BCUT2D eigenvalue weighted by Crippen LogP contribution is -2.21. The van der Waals surface area contributed by atoms with Crippen LogP contribution in [0.1, 0.15) is 31.0 Å². The third-order valence-corrected chi connectivity index (χ3v) is 3.54. The van der Waals surface area contributed by atoms with Crippen molar-refractivity contribution in [3.05, 3.63) is 46.9 Å². The molecule has 0 spiro atoms. The zero-order valence-electron chi connectivity index (χ0n) is 11.6. The second-order valence-corrected chi connectivity index (χ2v) is 5.40. The van der Waals surface area contributed by atoms with Crippen LogP contribution in [0.2, 0.25) is 5.02 Å². The Bertz CT molecular complexity index is 599. The van der Waals surface area contributed by atoms with E-state index in [0.717, 1.165) is 27.4 Å². The van der Waals surface area contributed by atoms with Gasteiger partial charge in [0.05, 0.1) is 12.4 Å². The topological polar surface area (TPSA) is 39.8 Å². The number of aromatic nitrogens is 1. The van der Waals surface area contributed by atoms with Gasteiger partial charge in [-0.2, -0.15) is 0 Å². The molecule has 1 heterocycles. The first kappa shape index (κ1) is 13.8. The Balaban J connectivity index is 2.27. The average molecular weight is 278 g/mol. The van der Waals surface area contributed by atoms with Gasteiger partial charge in [-0.05, 0) is 29.7 Å². The summed E-state index contributed by atoms with van der Waals surface area (Å²) in [5.41, 5.74) is 3.42. The van der Waals surface area contributed by atoms with Crippen molar-refractivity contribution in [2.24, 2.45) is 0 Å². The number of hydrogen-bond donors (Lipinski definition) is 3. The summed E-state index contributed by atoms with van der Waals surface area (Å²) in [4.78, 5) is 3.41. The molecule has 1 aromatic heterocycles. The fraction of sp³-hybridized carbons (Fsp3) is 0.333. The van der Waals surface area contributed by atoms with Gasteiger partial charge in [0.1, 0.15) is 0 Å². The van der Waals surface area contributed by atoms with Crippen LogP contribution in [-0.2, 0) is 6.54 Å². The van der Waals surface area contributed by atoms with E-state index in [-0.39, 0.29) is 0 Å². The van der Waals surface area contributed by atoms with Crippen molar-refractivity contribution in [2.45, 2.75) is 26.3 Å². The van der Waals surface area contributed by atoms with Crippen LogP contribution in [0.5, 0.6) is 0 Å². The maximum atomic E-state index is 6.30. The van der Waals surface area contributed by atoms with E-state index in [1.807, 2.05) is 13.1 Å². The Morgan fingerprint density at radius 1 is 1.37 bits per heavy atom. The first-order valence-corrected chi connectivity index (χ1v) is 6.80. The van der Waals surface area contributed by atoms with Crippen molar-refractivity contribution in [2.75, 3.05) is 7.05 Å². The number of fused-ring (bicyclic) bond motifs is 1. The number of rotatable bonds is 5. The minimum Gasteiger partial charge on any atom is -0.375 e. The molecule has 0 amide bonds. The van der Waals surface area contributed by atoms with Crippen molar-refractivity contribution >= 4 is 22.5 Å². The van der Waals surface area contributed by atoms with Gasteiger partial charge in [-0.25, -0.2) is 0 Å². The number of aromatic amines is 1. The van der Waals surface area contributed by atoms with Gasteiger partial charge in [0, 0.05) is 28.7 Å². The molecule has 2 aromatic rings. The first-order valence-electron chi connectivity index (χ1n) is 6.43. The number of halogens is 1. The Kier molecular flexibility index (Phi) is 4.05. The molecule has 0 aliphatic rings. The summed E-state index contributed by atoms with van der Waals surface area (Å²) in [7, 11) is 1.84. The van der Waals surface area contributed by atoms with Crippen LogP contribution in [0.25, 0.3) is 10.9 Å². The molecule has 0 unspecified atom stereocenters. The third kappa shape index (κ3) is 3.04. The molecule has 3 nitrogen and oxygen atoms in total. The first-order chi connectivity index (χ1) is 9.01. The van der Waals surface area contributed by atoms with Gasteiger partial charge in [0.25, 0.3) is 0 Å². The number of benzene rings is 1. The fourth-order valence-corrected chi connectivity index (χ4v) is 2.45. The van der Waals surface area contributed by atoms with Crippen LogP contribution in [0.3, 0.4) is 0 Å². The maximum Gasteiger partial charge on any atom is 0.0912 e. The van der Waals surface area contributed by atoms with Gasteiger partial charge < -0.3 is 15.6 Å². The summed E-state index contributed by atoms with van der Waals surface area (Å²) in [5.74, 6) is 1.23. The predicted octanol–water partition coefficient (Wildman–Crippen LogP) is 3.72. The molecule has 0 saturated carbocycles. The monoisotopic (exact) mass is 277 g/mol. The van der Waals surface area contributed by atoms with Crippen LogP contribution in [-0.4, -0.2) is 12.0 Å². The predicted molar refractivity (Wildman–Crippen MR) is 82.4 cm³/mol. The van der Waals surface area contributed by atoms with Crippen LogP contribution in [0.4, 0.5) is 0 Å². The fourth-order valence-electron chi connectivity index (χ4n) is 2.06. The minimum atomic E-state index is 0.422. The van der Waals surface area contributed by atoms with E-state index in [4.69, 9.17) is 11.6 Å². The highest BCUT2D eigenvalue weighted by atomic mass is 35.5. The molecule has 0 fully saturated rings. The van der Waals surface area contributed by atoms with Crippen molar-refractivity contribution < 1.29 is 0 Å². The molecule has 0 aliphatic heterocycles. The number of hydrogen-bond acceptors (Lipinski definition) is 2. The normalized spacial score (nSPS) is 11.0. The van der Waals surface area contributed by atoms with E-state index < -0.39 is 0 Å². The number of nitrogens with one attached hydrogen (secondary N) is 3. The zero-order chi connectivity index (χ0) is 14.0. The smallest absolute Gasteiger partial charge is 0.0912 e. The minimum absolute atomic E-state index is 0.422. The van der Waals surface area contributed by atoms with E-state index >= 15 is 0 Å². The molecule has 2 rings (SSSR count). The highest BCUT2D eigenvalue weighted by Gasteiger charge is 2.09. The van der Waals surface area contributed by atoms with Gasteiger partial charge in [-0.1, -0.05) is 32.0 Å². The molecule has 19 heavy (non-hydrogen) atoms. The van der Waals surface area contributed by atoms with Crippen LogP contribution >= 0.6 is 11.6 Å². The van der Waals surface area contributed by atoms with Crippen molar-refractivity contribution in [3.8, 4) is 0 Å². The summed E-state index contributed by atoms with van der Waals surface area (Å²) in [6.07, 6.45) is 0. The molecular weight excluding hydrogens is 258 g/mol. The Hall–Kier alpha value is -1.61. The average Bonchev–Trinajstić information content (AvgIpc) is 2.76. The molecule has 1 aromatic carbocycles. The highest BCUT2D eigenvalue weighted by molar-refractivity contribution is 6.32. The van der Waals surface area contributed by atoms with Gasteiger partial charge in [-0.15, -0.1) is 0 Å². The summed E-state index contributed by atoms with van der Waals surface area (Å²) >= 11 is 6.30. The second-order valence-electron chi connectivity index (χ2n) is 4.99. The number of H-pyrrole nitrogens is 1. The Labute approximate surface area is 119 Å². The van der Waals surface area contributed by atoms with E-state index in [1.165, 1.54) is 5.56 Å². The van der Waals surface area contributed by atoms with E-state index in [0.29, 0.717) is 12.5 Å². The van der Waals surface area contributed by atoms with Crippen LogP contribution in [0, 0.1) is 0 Å². The molecule has 3 N–H and O–H groups in total. The Morgan fingerprint density at radius 3 is 2.74 bits per heavy atom. The van der Waals surface area contributed by atoms with Gasteiger partial charge in [0.15, 0.2) is 0 Å². The molecule has 0 saturated heterocycles. The summed E-state index contributed by atoms with van der Waals surface area (Å²) in [6, 6.07) is 6.28. The second kappa shape index (κ2) is 5.57. The van der Waals surface area contributed by atoms with Crippen LogP contribution < -0.4 is 10.6 Å². The molecule has 4 heteroatoms. The molecule has 102 valence electrons. The maximum absolute atomic E-state index is 6.30.